The van der Waals surface area contributed by atoms with E-state index in [2.05, 4.69) is 18.3 Å². The zero-order valence-electron chi connectivity index (χ0n) is 11.0. The Kier molecular flexibility index (Phi) is 4.55. The number of carbonyl (C=O) groups excluding carboxylic acids is 1. The molecule has 0 saturated carbocycles. The van der Waals surface area contributed by atoms with Crippen LogP contribution in [0.1, 0.15) is 39.7 Å². The van der Waals surface area contributed by atoms with Crippen LogP contribution in [0.5, 0.6) is 0 Å². The molecule has 0 fully saturated rings. The van der Waals surface area contributed by atoms with Crippen molar-refractivity contribution in [1.29, 1.82) is 0 Å². The molecule has 0 saturated heterocycles. The van der Waals surface area contributed by atoms with E-state index in [-0.39, 0.29) is 0 Å². The third-order valence-electron chi connectivity index (χ3n) is 2.03. The van der Waals surface area contributed by atoms with Crippen LogP contribution in [0.3, 0.4) is 0 Å². The highest BCUT2D eigenvalue weighted by molar-refractivity contribution is 5.84. The number of ether oxygens (including phenoxy) is 1. The van der Waals surface area contributed by atoms with Crippen LogP contribution < -0.4 is 5.32 Å². The molecule has 1 rings (SSSR count). The Balaban J connectivity index is 2.62. The summed E-state index contributed by atoms with van der Waals surface area (Å²) in [4.78, 5) is 11.6. The van der Waals surface area contributed by atoms with Crippen molar-refractivity contribution < 1.29 is 9.53 Å². The Morgan fingerprint density at radius 3 is 2.71 bits per heavy atom. The van der Waals surface area contributed by atoms with Gasteiger partial charge in [0.1, 0.15) is 5.60 Å². The first-order valence-corrected chi connectivity index (χ1v) is 5.91. The molecule has 0 aromatic heterocycles. The summed E-state index contributed by atoms with van der Waals surface area (Å²) < 4.78 is 5.18. The Morgan fingerprint density at radius 1 is 1.41 bits per heavy atom. The molecule has 0 heterocycles. The standard InChI is InChI=1S/C14H20NO2/c1-5-7-11-8-6-9-12(10-11)15-13(16)17-14(2,3)4/h8-10H,5,7H2,1-4H3,(H,15,16). The maximum atomic E-state index is 11.6. The molecule has 1 aromatic rings. The highest BCUT2D eigenvalue weighted by Crippen LogP contribution is 2.14. The van der Waals surface area contributed by atoms with E-state index in [1.165, 1.54) is 5.56 Å². The van der Waals surface area contributed by atoms with Crippen LogP contribution in [0.25, 0.3) is 0 Å². The van der Waals surface area contributed by atoms with Gasteiger partial charge in [0.2, 0.25) is 0 Å². The van der Waals surface area contributed by atoms with Crippen molar-refractivity contribution in [2.75, 3.05) is 5.32 Å². The molecule has 1 N–H and O–H groups in total. The topological polar surface area (TPSA) is 38.3 Å². The first-order valence-electron chi connectivity index (χ1n) is 5.91. The molecule has 1 aromatic carbocycles. The van der Waals surface area contributed by atoms with E-state index in [4.69, 9.17) is 4.74 Å². The van der Waals surface area contributed by atoms with Crippen LogP contribution in [-0.4, -0.2) is 11.7 Å². The van der Waals surface area contributed by atoms with E-state index in [1.807, 2.05) is 32.9 Å². The van der Waals surface area contributed by atoms with Gasteiger partial charge >= 0.3 is 6.09 Å². The van der Waals surface area contributed by atoms with Gasteiger partial charge in [0.25, 0.3) is 0 Å². The van der Waals surface area contributed by atoms with Crippen LogP contribution in [-0.2, 0) is 11.2 Å². The first-order chi connectivity index (χ1) is 7.90. The number of hydrogen-bond donors (Lipinski definition) is 1. The van der Waals surface area contributed by atoms with Gasteiger partial charge in [-0.3, -0.25) is 5.32 Å². The van der Waals surface area contributed by atoms with Crippen LogP contribution in [0.4, 0.5) is 10.5 Å². The molecule has 0 bridgehead atoms. The Bertz CT molecular complexity index is 380. The number of amides is 1. The number of benzene rings is 1. The number of anilines is 1. The third-order valence-corrected chi connectivity index (χ3v) is 2.03. The van der Waals surface area contributed by atoms with Gasteiger partial charge in [-0.1, -0.05) is 19.4 Å². The zero-order chi connectivity index (χ0) is 12.9. The molecule has 93 valence electrons. The molecule has 3 heteroatoms. The number of carbonyl (C=O) groups is 1. The maximum absolute atomic E-state index is 11.6. The molecule has 0 aliphatic rings. The normalized spacial score (nSPS) is 11.1. The SMILES string of the molecule is CCCc1c[c]cc(NC(=O)OC(C)(C)C)c1. The fraction of sp³-hybridized carbons (Fsp3) is 0.500. The summed E-state index contributed by atoms with van der Waals surface area (Å²) >= 11 is 0. The average Bonchev–Trinajstić information content (AvgIpc) is 2.15. The fourth-order valence-electron chi connectivity index (χ4n) is 1.45. The molecule has 17 heavy (non-hydrogen) atoms. The zero-order valence-corrected chi connectivity index (χ0v) is 11.0. The number of hydrogen-bond acceptors (Lipinski definition) is 2. The quantitative estimate of drug-likeness (QED) is 0.864. The minimum atomic E-state index is -0.477. The fourth-order valence-corrected chi connectivity index (χ4v) is 1.45. The van der Waals surface area contributed by atoms with E-state index in [0.29, 0.717) is 0 Å². The van der Waals surface area contributed by atoms with Crippen molar-refractivity contribution in [2.24, 2.45) is 0 Å². The maximum Gasteiger partial charge on any atom is 0.412 e. The third kappa shape index (κ3) is 5.38. The van der Waals surface area contributed by atoms with Crippen LogP contribution in [0.15, 0.2) is 18.2 Å². The van der Waals surface area contributed by atoms with Crippen molar-refractivity contribution in [2.45, 2.75) is 46.1 Å². The Morgan fingerprint density at radius 2 is 2.12 bits per heavy atom. The van der Waals surface area contributed by atoms with E-state index < -0.39 is 11.7 Å². The van der Waals surface area contributed by atoms with Gasteiger partial charge in [-0.05, 0) is 51.0 Å². The Labute approximate surface area is 103 Å². The van der Waals surface area contributed by atoms with E-state index >= 15 is 0 Å². The minimum Gasteiger partial charge on any atom is -0.444 e. The molecular weight excluding hydrogens is 214 g/mol. The van der Waals surface area contributed by atoms with Gasteiger partial charge in [0.15, 0.2) is 0 Å². The van der Waals surface area contributed by atoms with Gasteiger partial charge in [-0.25, -0.2) is 4.79 Å². The lowest BCUT2D eigenvalue weighted by atomic mass is 10.1. The van der Waals surface area contributed by atoms with Gasteiger partial charge < -0.3 is 4.74 Å². The van der Waals surface area contributed by atoms with Crippen LogP contribution in [0, 0.1) is 6.07 Å². The second-order valence-electron chi connectivity index (χ2n) is 5.01. The molecule has 1 radical (unpaired) electrons. The molecular formula is C14H20NO2. The Hall–Kier alpha value is -1.51. The lowest BCUT2D eigenvalue weighted by Crippen LogP contribution is -2.27. The highest BCUT2D eigenvalue weighted by Gasteiger charge is 2.16. The summed E-state index contributed by atoms with van der Waals surface area (Å²) in [5.74, 6) is 0. The van der Waals surface area contributed by atoms with Gasteiger partial charge in [0, 0.05) is 5.69 Å². The predicted molar refractivity (Wildman–Crippen MR) is 69.1 cm³/mol. The van der Waals surface area contributed by atoms with Gasteiger partial charge in [0.05, 0.1) is 0 Å². The highest BCUT2D eigenvalue weighted by atomic mass is 16.6. The smallest absolute Gasteiger partial charge is 0.412 e. The second-order valence-corrected chi connectivity index (χ2v) is 5.01. The lowest BCUT2D eigenvalue weighted by molar-refractivity contribution is 0.0636. The van der Waals surface area contributed by atoms with Crippen LogP contribution in [0.2, 0.25) is 0 Å². The average molecular weight is 234 g/mol. The van der Waals surface area contributed by atoms with Gasteiger partial charge in [-0.2, -0.15) is 0 Å². The number of nitrogens with one attached hydrogen (secondary N) is 1. The predicted octanol–water partition coefficient (Wildman–Crippen LogP) is 3.79. The van der Waals surface area contributed by atoms with Crippen molar-refractivity contribution in [3.8, 4) is 0 Å². The lowest BCUT2D eigenvalue weighted by Gasteiger charge is -2.19. The van der Waals surface area contributed by atoms with Crippen molar-refractivity contribution in [3.05, 3.63) is 29.8 Å². The van der Waals surface area contributed by atoms with E-state index in [9.17, 15) is 4.79 Å². The van der Waals surface area contributed by atoms with E-state index in [0.717, 1.165) is 18.5 Å². The summed E-state index contributed by atoms with van der Waals surface area (Å²) in [7, 11) is 0. The summed E-state index contributed by atoms with van der Waals surface area (Å²) in [6.45, 7) is 7.64. The summed E-state index contributed by atoms with van der Waals surface area (Å²) in [6, 6.07) is 8.63. The van der Waals surface area contributed by atoms with Crippen molar-refractivity contribution in [3.63, 3.8) is 0 Å². The molecule has 1 amide bonds. The summed E-state index contributed by atoms with van der Waals surface area (Å²) in [6.07, 6.45) is 1.63. The van der Waals surface area contributed by atoms with E-state index in [1.54, 1.807) is 6.07 Å². The molecule has 0 unspecified atom stereocenters. The number of aryl methyl sites for hydroxylation is 1. The molecule has 0 spiro atoms. The van der Waals surface area contributed by atoms with Gasteiger partial charge in [-0.15, -0.1) is 0 Å². The largest absolute Gasteiger partial charge is 0.444 e. The first kappa shape index (κ1) is 13.6. The molecule has 0 atom stereocenters. The minimum absolute atomic E-state index is 0.431. The monoisotopic (exact) mass is 234 g/mol. The van der Waals surface area contributed by atoms with Crippen LogP contribution >= 0.6 is 0 Å². The molecule has 0 aliphatic heterocycles. The van der Waals surface area contributed by atoms with Crippen molar-refractivity contribution in [1.82, 2.24) is 0 Å². The summed E-state index contributed by atoms with van der Waals surface area (Å²) in [5, 5.41) is 2.70. The molecule has 3 nitrogen and oxygen atoms in total. The second kappa shape index (κ2) is 5.71. The number of rotatable bonds is 3. The molecule has 0 aliphatic carbocycles. The summed E-state index contributed by atoms with van der Waals surface area (Å²) in [5.41, 5.74) is 1.42. The van der Waals surface area contributed by atoms with Crippen molar-refractivity contribution >= 4 is 11.8 Å².